The molecular formula is C18H13ClF2N2O4S2. The van der Waals surface area contributed by atoms with Crippen molar-refractivity contribution in [2.45, 2.75) is 9.79 Å². The quantitative estimate of drug-likeness (QED) is 0.578. The molecule has 6 nitrogen and oxygen atoms in total. The smallest absolute Gasteiger partial charge is 0.264 e. The minimum Gasteiger partial charge on any atom is -0.280 e. The molecule has 0 unspecified atom stereocenters. The van der Waals surface area contributed by atoms with E-state index in [-0.39, 0.29) is 10.6 Å². The van der Waals surface area contributed by atoms with E-state index in [4.69, 9.17) is 11.6 Å². The lowest BCUT2D eigenvalue weighted by Gasteiger charge is -2.11. The average Bonchev–Trinajstić information content (AvgIpc) is 2.65. The molecule has 2 N–H and O–H groups in total. The highest BCUT2D eigenvalue weighted by molar-refractivity contribution is 7.93. The molecule has 0 atom stereocenters. The van der Waals surface area contributed by atoms with Crippen molar-refractivity contribution in [1.29, 1.82) is 0 Å². The van der Waals surface area contributed by atoms with Crippen molar-refractivity contribution in [3.8, 4) is 0 Å². The predicted octanol–water partition coefficient (Wildman–Crippen LogP) is 4.22. The zero-order valence-corrected chi connectivity index (χ0v) is 16.8. The molecule has 3 rings (SSSR count). The normalized spacial score (nSPS) is 11.8. The van der Waals surface area contributed by atoms with Crippen molar-refractivity contribution in [1.82, 2.24) is 0 Å². The maximum Gasteiger partial charge on any atom is 0.264 e. The first-order valence-electron chi connectivity index (χ1n) is 7.93. The van der Waals surface area contributed by atoms with Crippen LogP contribution < -0.4 is 9.44 Å². The van der Waals surface area contributed by atoms with Crippen molar-refractivity contribution in [3.63, 3.8) is 0 Å². The van der Waals surface area contributed by atoms with E-state index in [0.717, 1.165) is 18.2 Å². The van der Waals surface area contributed by atoms with Gasteiger partial charge < -0.3 is 0 Å². The van der Waals surface area contributed by atoms with E-state index < -0.39 is 36.6 Å². The third kappa shape index (κ3) is 5.03. The molecule has 0 bridgehead atoms. The van der Waals surface area contributed by atoms with Gasteiger partial charge in [-0.3, -0.25) is 9.44 Å². The van der Waals surface area contributed by atoms with Gasteiger partial charge in [0, 0.05) is 16.4 Å². The number of halogens is 3. The molecule has 0 fully saturated rings. The number of sulfonamides is 2. The molecule has 0 aromatic heterocycles. The standard InChI is InChI=1S/C18H13ClF2N2O4S2/c19-12-1-4-14(5-2-12)22-28(24,25)16-8-6-15(7-9-16)23-29(26,27)18-11-13(20)3-10-17(18)21/h1-11,22-23H. The molecule has 0 radical (unpaired) electrons. The Hall–Kier alpha value is -2.69. The van der Waals surface area contributed by atoms with Gasteiger partial charge in [-0.1, -0.05) is 11.6 Å². The van der Waals surface area contributed by atoms with E-state index >= 15 is 0 Å². The van der Waals surface area contributed by atoms with Crippen LogP contribution in [0.2, 0.25) is 5.02 Å². The second-order valence-electron chi connectivity index (χ2n) is 5.82. The molecule has 0 saturated heterocycles. The number of anilines is 2. The molecule has 0 aliphatic heterocycles. The van der Waals surface area contributed by atoms with E-state index in [1.54, 1.807) is 0 Å². The van der Waals surface area contributed by atoms with Gasteiger partial charge in [-0.2, -0.15) is 0 Å². The van der Waals surface area contributed by atoms with Crippen molar-refractivity contribution in [2.24, 2.45) is 0 Å². The Bertz CT molecular complexity index is 1250. The van der Waals surface area contributed by atoms with E-state index in [0.29, 0.717) is 22.8 Å². The summed E-state index contributed by atoms with van der Waals surface area (Å²) in [5, 5.41) is 0.444. The molecule has 11 heteroatoms. The topological polar surface area (TPSA) is 92.3 Å². The number of nitrogens with one attached hydrogen (secondary N) is 2. The van der Waals surface area contributed by atoms with Crippen molar-refractivity contribution in [2.75, 3.05) is 9.44 Å². The zero-order chi connectivity index (χ0) is 21.2. The lowest BCUT2D eigenvalue weighted by molar-refractivity contribution is 0.555. The van der Waals surface area contributed by atoms with Crippen molar-refractivity contribution < 1.29 is 25.6 Å². The maximum atomic E-state index is 13.7. The third-order valence-electron chi connectivity index (χ3n) is 3.70. The largest absolute Gasteiger partial charge is 0.280 e. The predicted molar refractivity (Wildman–Crippen MR) is 106 cm³/mol. The fraction of sp³-hybridized carbons (Fsp3) is 0. The van der Waals surface area contributed by atoms with Gasteiger partial charge >= 0.3 is 0 Å². The van der Waals surface area contributed by atoms with Crippen molar-refractivity contribution in [3.05, 3.63) is 83.4 Å². The minimum absolute atomic E-state index is 0.0286. The van der Waals surface area contributed by atoms with Gasteiger partial charge in [-0.05, 0) is 66.7 Å². The third-order valence-corrected chi connectivity index (χ3v) is 6.74. The van der Waals surface area contributed by atoms with Crippen LogP contribution in [0, 0.1) is 11.6 Å². The second-order valence-corrected chi connectivity index (χ2v) is 9.59. The van der Waals surface area contributed by atoms with Gasteiger partial charge in [-0.25, -0.2) is 25.6 Å². The number of rotatable bonds is 6. The van der Waals surface area contributed by atoms with Crippen LogP contribution >= 0.6 is 11.6 Å². The van der Waals surface area contributed by atoms with Crippen LogP contribution in [0.5, 0.6) is 0 Å². The summed E-state index contributed by atoms with van der Waals surface area (Å²) in [6.07, 6.45) is 0. The highest BCUT2D eigenvalue weighted by Crippen LogP contribution is 2.23. The fourth-order valence-electron chi connectivity index (χ4n) is 2.33. The van der Waals surface area contributed by atoms with Gasteiger partial charge in [-0.15, -0.1) is 0 Å². The average molecular weight is 459 g/mol. The van der Waals surface area contributed by atoms with Crippen LogP contribution in [0.4, 0.5) is 20.2 Å². The van der Waals surface area contributed by atoms with Crippen LogP contribution in [0.3, 0.4) is 0 Å². The molecule has 152 valence electrons. The van der Waals surface area contributed by atoms with Crippen LogP contribution in [0.1, 0.15) is 0 Å². The highest BCUT2D eigenvalue weighted by atomic mass is 35.5. The molecule has 0 spiro atoms. The lowest BCUT2D eigenvalue weighted by Crippen LogP contribution is -2.15. The highest BCUT2D eigenvalue weighted by Gasteiger charge is 2.21. The molecular weight excluding hydrogens is 446 g/mol. The summed E-state index contributed by atoms with van der Waals surface area (Å²) in [6, 6.07) is 12.7. The molecule has 0 aliphatic carbocycles. The number of benzene rings is 3. The van der Waals surface area contributed by atoms with Gasteiger partial charge in [0.2, 0.25) is 0 Å². The first kappa shape index (κ1) is 21.0. The van der Waals surface area contributed by atoms with E-state index in [9.17, 15) is 25.6 Å². The lowest BCUT2D eigenvalue weighted by atomic mass is 10.3. The number of hydrogen-bond donors (Lipinski definition) is 2. The molecule has 3 aromatic rings. The molecule has 0 aliphatic rings. The van der Waals surface area contributed by atoms with E-state index in [1.165, 1.54) is 36.4 Å². The van der Waals surface area contributed by atoms with Crippen LogP contribution in [0.25, 0.3) is 0 Å². The molecule has 3 aromatic carbocycles. The first-order valence-corrected chi connectivity index (χ1v) is 11.3. The molecule has 0 amide bonds. The Morgan fingerprint density at radius 1 is 0.690 bits per heavy atom. The Balaban J connectivity index is 1.81. The van der Waals surface area contributed by atoms with Gasteiger partial charge in [0.25, 0.3) is 20.0 Å². The van der Waals surface area contributed by atoms with E-state index in [1.807, 2.05) is 0 Å². The monoisotopic (exact) mass is 458 g/mol. The van der Waals surface area contributed by atoms with Crippen LogP contribution in [-0.4, -0.2) is 16.8 Å². The second kappa shape index (κ2) is 7.97. The fourth-order valence-corrected chi connectivity index (χ4v) is 4.66. The van der Waals surface area contributed by atoms with Crippen LogP contribution in [0.15, 0.2) is 76.5 Å². The zero-order valence-electron chi connectivity index (χ0n) is 14.4. The van der Waals surface area contributed by atoms with Crippen LogP contribution in [-0.2, 0) is 20.0 Å². The summed E-state index contributed by atoms with van der Waals surface area (Å²) in [5.41, 5.74) is 0.264. The Morgan fingerprint density at radius 2 is 1.21 bits per heavy atom. The van der Waals surface area contributed by atoms with E-state index in [2.05, 4.69) is 9.44 Å². The molecule has 29 heavy (non-hydrogen) atoms. The summed E-state index contributed by atoms with van der Waals surface area (Å²) in [6.45, 7) is 0. The Labute approximate surface area is 171 Å². The number of hydrogen-bond acceptors (Lipinski definition) is 4. The van der Waals surface area contributed by atoms with Gasteiger partial charge in [0.05, 0.1) is 4.90 Å². The minimum atomic E-state index is -4.41. The Kier molecular flexibility index (Phi) is 5.78. The first-order chi connectivity index (χ1) is 13.6. The molecule has 0 heterocycles. The molecule has 0 saturated carbocycles. The summed E-state index contributed by atoms with van der Waals surface area (Å²) >= 11 is 5.76. The Morgan fingerprint density at radius 3 is 1.79 bits per heavy atom. The van der Waals surface area contributed by atoms with Gasteiger partial charge in [0.1, 0.15) is 16.5 Å². The SMILES string of the molecule is O=S(=O)(Nc1ccc(Cl)cc1)c1ccc(NS(=O)(=O)c2cc(F)ccc2F)cc1. The summed E-state index contributed by atoms with van der Waals surface area (Å²) in [5.74, 6) is -2.04. The summed E-state index contributed by atoms with van der Waals surface area (Å²) in [7, 11) is -8.34. The summed E-state index contributed by atoms with van der Waals surface area (Å²) < 4.78 is 80.8. The van der Waals surface area contributed by atoms with Crippen molar-refractivity contribution >= 4 is 43.0 Å². The maximum absolute atomic E-state index is 13.7. The van der Waals surface area contributed by atoms with Gasteiger partial charge in [0.15, 0.2) is 0 Å². The summed E-state index contributed by atoms with van der Waals surface area (Å²) in [4.78, 5) is -0.995.